The summed E-state index contributed by atoms with van der Waals surface area (Å²) in [6, 6.07) is 15.0. The van der Waals surface area contributed by atoms with Gasteiger partial charge in [0.05, 0.1) is 29.4 Å². The van der Waals surface area contributed by atoms with Crippen molar-refractivity contribution in [3.63, 3.8) is 0 Å². The van der Waals surface area contributed by atoms with Crippen LogP contribution in [0.15, 0.2) is 59.7 Å². The first kappa shape index (κ1) is 21.5. The lowest BCUT2D eigenvalue weighted by Gasteiger charge is -2.38. The summed E-state index contributed by atoms with van der Waals surface area (Å²) >= 11 is 5.97. The number of halogens is 1. The topological polar surface area (TPSA) is 75.4 Å². The number of hydrogen-bond donors (Lipinski definition) is 1. The predicted octanol–water partition coefficient (Wildman–Crippen LogP) is 3.60. The number of amides is 1. The second kappa shape index (κ2) is 8.81. The lowest BCUT2D eigenvalue weighted by atomic mass is 9.90. The number of aliphatic hydroxyl groups is 1. The summed E-state index contributed by atoms with van der Waals surface area (Å²) in [4.78, 5) is 31.7. The molecule has 0 aliphatic carbocycles. The fourth-order valence-electron chi connectivity index (χ4n) is 4.18. The third-order valence-electron chi connectivity index (χ3n) is 6.15. The maximum Gasteiger partial charge on any atom is 0.261 e. The Kier molecular flexibility index (Phi) is 6.12. The number of piperidine rings is 1. The van der Waals surface area contributed by atoms with Crippen LogP contribution in [0.25, 0.3) is 10.9 Å². The van der Waals surface area contributed by atoms with Gasteiger partial charge < -0.3 is 10.0 Å². The van der Waals surface area contributed by atoms with E-state index in [4.69, 9.17) is 11.6 Å². The van der Waals surface area contributed by atoms with E-state index in [1.807, 2.05) is 35.2 Å². The van der Waals surface area contributed by atoms with E-state index < -0.39 is 5.60 Å². The van der Waals surface area contributed by atoms with Gasteiger partial charge in [-0.1, -0.05) is 48.9 Å². The van der Waals surface area contributed by atoms with E-state index in [-0.39, 0.29) is 23.9 Å². The molecular weight excluding hydrogens is 414 g/mol. The molecule has 4 rings (SSSR count). The molecule has 0 unspecified atom stereocenters. The van der Waals surface area contributed by atoms with Gasteiger partial charge in [-0.3, -0.25) is 14.2 Å². The van der Waals surface area contributed by atoms with E-state index in [0.29, 0.717) is 48.3 Å². The van der Waals surface area contributed by atoms with E-state index in [1.165, 1.54) is 10.9 Å². The number of fused-ring (bicyclic) bond motifs is 1. The minimum atomic E-state index is -1.05. The average Bonchev–Trinajstić information content (AvgIpc) is 2.76. The SMILES string of the molecule is C[C@H](CC(=O)N1CCC(O)(Cn2cnc3cc(Cl)ccc3c2=O)CC1)c1ccccc1. The fraction of sp³-hybridized carbons (Fsp3) is 0.375. The standard InChI is InChI=1S/C24H26ClN3O3/c1-17(18-5-3-2-4-6-18)13-22(29)27-11-9-24(31,10-12-27)15-28-16-26-21-14-19(25)7-8-20(21)23(28)30/h2-8,14,16-17,31H,9-13,15H2,1H3/t17-/m1/s1. The molecule has 1 aromatic heterocycles. The first-order valence-electron chi connectivity index (χ1n) is 10.5. The Morgan fingerprint density at radius 1 is 1.19 bits per heavy atom. The molecular formula is C24H26ClN3O3. The van der Waals surface area contributed by atoms with Gasteiger partial charge in [0.15, 0.2) is 0 Å². The fourth-order valence-corrected chi connectivity index (χ4v) is 4.35. The van der Waals surface area contributed by atoms with Crippen LogP contribution in [0.1, 0.15) is 37.7 Å². The molecule has 162 valence electrons. The zero-order valence-corrected chi connectivity index (χ0v) is 18.3. The number of carbonyl (C=O) groups excluding carboxylic acids is 1. The van der Waals surface area contributed by atoms with Gasteiger partial charge in [-0.2, -0.15) is 0 Å². The molecule has 0 saturated carbocycles. The van der Waals surface area contributed by atoms with Crippen LogP contribution in [0.4, 0.5) is 0 Å². The van der Waals surface area contributed by atoms with Gasteiger partial charge in [0.1, 0.15) is 0 Å². The highest BCUT2D eigenvalue weighted by Gasteiger charge is 2.35. The lowest BCUT2D eigenvalue weighted by Crippen LogP contribution is -2.49. The molecule has 0 spiro atoms. The zero-order chi connectivity index (χ0) is 22.0. The summed E-state index contributed by atoms with van der Waals surface area (Å²) in [5.74, 6) is 0.241. The minimum Gasteiger partial charge on any atom is -0.388 e. The number of hydrogen-bond acceptors (Lipinski definition) is 4. The third-order valence-corrected chi connectivity index (χ3v) is 6.38. The van der Waals surface area contributed by atoms with Gasteiger partial charge in [0, 0.05) is 24.5 Å². The number of carbonyl (C=O) groups is 1. The monoisotopic (exact) mass is 439 g/mol. The Hall–Kier alpha value is -2.70. The maximum atomic E-state index is 12.8. The molecule has 1 atom stereocenters. The van der Waals surface area contributed by atoms with Crippen LogP contribution >= 0.6 is 11.6 Å². The Morgan fingerprint density at radius 2 is 1.90 bits per heavy atom. The number of likely N-dealkylation sites (tertiary alicyclic amines) is 1. The largest absolute Gasteiger partial charge is 0.388 e. The minimum absolute atomic E-state index is 0.0971. The predicted molar refractivity (Wildman–Crippen MR) is 121 cm³/mol. The van der Waals surface area contributed by atoms with Crippen molar-refractivity contribution in [1.82, 2.24) is 14.5 Å². The van der Waals surface area contributed by atoms with Crippen molar-refractivity contribution in [3.8, 4) is 0 Å². The Morgan fingerprint density at radius 3 is 2.61 bits per heavy atom. The summed E-state index contributed by atoms with van der Waals surface area (Å²) in [6.45, 7) is 3.16. The van der Waals surface area contributed by atoms with Crippen molar-refractivity contribution in [3.05, 3.63) is 75.8 Å². The van der Waals surface area contributed by atoms with Gasteiger partial charge >= 0.3 is 0 Å². The Bertz CT molecular complexity index is 1140. The lowest BCUT2D eigenvalue weighted by molar-refractivity contribution is -0.136. The Labute approximate surface area is 186 Å². The van der Waals surface area contributed by atoms with Crippen molar-refractivity contribution in [2.45, 2.75) is 44.2 Å². The summed E-state index contributed by atoms with van der Waals surface area (Å²) < 4.78 is 1.45. The number of nitrogens with zero attached hydrogens (tertiary/aromatic N) is 3. The zero-order valence-electron chi connectivity index (χ0n) is 17.5. The average molecular weight is 440 g/mol. The first-order chi connectivity index (χ1) is 14.8. The second-order valence-corrected chi connectivity index (χ2v) is 8.90. The highest BCUT2D eigenvalue weighted by Crippen LogP contribution is 2.26. The molecule has 0 bridgehead atoms. The van der Waals surface area contributed by atoms with Crippen LogP contribution in [0.3, 0.4) is 0 Å². The van der Waals surface area contributed by atoms with Gasteiger partial charge in [-0.25, -0.2) is 4.98 Å². The quantitative estimate of drug-likeness (QED) is 0.659. The van der Waals surface area contributed by atoms with Gasteiger partial charge in [0.2, 0.25) is 5.91 Å². The summed E-state index contributed by atoms with van der Waals surface area (Å²) in [5, 5.41) is 12.1. The van der Waals surface area contributed by atoms with Gasteiger partial charge in [-0.15, -0.1) is 0 Å². The van der Waals surface area contributed by atoms with Crippen molar-refractivity contribution in [1.29, 1.82) is 0 Å². The molecule has 0 radical (unpaired) electrons. The molecule has 1 N–H and O–H groups in total. The van der Waals surface area contributed by atoms with Crippen LogP contribution in [0.2, 0.25) is 5.02 Å². The van der Waals surface area contributed by atoms with Gasteiger partial charge in [-0.05, 0) is 42.5 Å². The van der Waals surface area contributed by atoms with Crippen molar-refractivity contribution in [2.24, 2.45) is 0 Å². The van der Waals surface area contributed by atoms with E-state index in [2.05, 4.69) is 11.9 Å². The molecule has 2 aromatic carbocycles. The summed E-state index contributed by atoms with van der Waals surface area (Å²) in [5.41, 5.74) is 0.431. The molecule has 1 amide bonds. The molecule has 7 heteroatoms. The van der Waals surface area contributed by atoms with E-state index in [0.717, 1.165) is 5.56 Å². The molecule has 2 heterocycles. The van der Waals surface area contributed by atoms with Gasteiger partial charge in [0.25, 0.3) is 5.56 Å². The molecule has 1 aliphatic heterocycles. The molecule has 31 heavy (non-hydrogen) atoms. The van der Waals surface area contributed by atoms with Crippen molar-refractivity contribution < 1.29 is 9.90 Å². The van der Waals surface area contributed by atoms with Crippen LogP contribution in [0, 0.1) is 0 Å². The van der Waals surface area contributed by atoms with Crippen LogP contribution < -0.4 is 5.56 Å². The highest BCUT2D eigenvalue weighted by molar-refractivity contribution is 6.31. The molecule has 6 nitrogen and oxygen atoms in total. The van der Waals surface area contributed by atoms with E-state index in [1.54, 1.807) is 18.2 Å². The summed E-state index contributed by atoms with van der Waals surface area (Å²) in [6.07, 6.45) is 2.74. The number of aromatic nitrogens is 2. The molecule has 1 saturated heterocycles. The smallest absolute Gasteiger partial charge is 0.261 e. The first-order valence-corrected chi connectivity index (χ1v) is 10.9. The second-order valence-electron chi connectivity index (χ2n) is 8.46. The van der Waals surface area contributed by atoms with E-state index in [9.17, 15) is 14.7 Å². The number of benzene rings is 2. The Balaban J connectivity index is 1.39. The third kappa shape index (κ3) is 4.81. The molecule has 1 fully saturated rings. The highest BCUT2D eigenvalue weighted by atomic mass is 35.5. The molecule has 1 aliphatic rings. The van der Waals surface area contributed by atoms with Crippen LogP contribution in [-0.2, 0) is 11.3 Å². The van der Waals surface area contributed by atoms with E-state index >= 15 is 0 Å². The van der Waals surface area contributed by atoms with Crippen LogP contribution in [0.5, 0.6) is 0 Å². The van der Waals surface area contributed by atoms with Crippen molar-refractivity contribution in [2.75, 3.05) is 13.1 Å². The molecule has 3 aromatic rings. The number of rotatable bonds is 5. The van der Waals surface area contributed by atoms with Crippen molar-refractivity contribution >= 4 is 28.4 Å². The maximum absolute atomic E-state index is 12.8. The van der Waals surface area contributed by atoms with Crippen LogP contribution in [-0.4, -0.2) is 44.2 Å². The normalized spacial score (nSPS) is 16.9. The summed E-state index contributed by atoms with van der Waals surface area (Å²) in [7, 11) is 0.